The van der Waals surface area contributed by atoms with Crippen LogP contribution in [0, 0.1) is 11.6 Å². The first-order valence-electron chi connectivity index (χ1n) is 7.51. The van der Waals surface area contributed by atoms with Crippen LogP contribution in [0.2, 0.25) is 0 Å². The number of hydrogen-bond acceptors (Lipinski definition) is 5. The van der Waals surface area contributed by atoms with E-state index in [2.05, 4.69) is 9.97 Å². The van der Waals surface area contributed by atoms with Gasteiger partial charge < -0.3 is 14.9 Å². The van der Waals surface area contributed by atoms with Crippen molar-refractivity contribution in [1.82, 2.24) is 14.9 Å². The Balaban J connectivity index is 1.67. The summed E-state index contributed by atoms with van der Waals surface area (Å²) in [5.41, 5.74) is -0.714. The Morgan fingerprint density at radius 2 is 1.64 bits per heavy atom. The number of carboxylic acids is 1. The second-order valence-electron chi connectivity index (χ2n) is 5.44. The van der Waals surface area contributed by atoms with Crippen LogP contribution in [-0.2, 0) is 0 Å². The average molecular weight is 348 g/mol. The number of carboxylic acid groups (broad SMARTS) is 1. The SMILES string of the molecule is O=C(O)c1cnc(N2CCN(C(=O)c3c(F)cccc3F)CC2)cn1. The predicted molar refractivity (Wildman–Crippen MR) is 83.5 cm³/mol. The quantitative estimate of drug-likeness (QED) is 0.903. The van der Waals surface area contributed by atoms with Gasteiger partial charge in [-0.2, -0.15) is 0 Å². The van der Waals surface area contributed by atoms with E-state index < -0.39 is 29.1 Å². The Morgan fingerprint density at radius 1 is 1.00 bits per heavy atom. The molecule has 1 N–H and O–H groups in total. The summed E-state index contributed by atoms with van der Waals surface area (Å²) in [6.07, 6.45) is 2.50. The zero-order valence-electron chi connectivity index (χ0n) is 13.0. The largest absolute Gasteiger partial charge is 0.476 e. The number of carbonyl (C=O) groups excluding carboxylic acids is 1. The van der Waals surface area contributed by atoms with Gasteiger partial charge in [-0.25, -0.2) is 23.5 Å². The molecule has 130 valence electrons. The Hall–Kier alpha value is -3.10. The van der Waals surface area contributed by atoms with Gasteiger partial charge in [-0.3, -0.25) is 4.79 Å². The van der Waals surface area contributed by atoms with Gasteiger partial charge in [0, 0.05) is 26.2 Å². The van der Waals surface area contributed by atoms with Gasteiger partial charge in [-0.05, 0) is 12.1 Å². The molecule has 25 heavy (non-hydrogen) atoms. The summed E-state index contributed by atoms with van der Waals surface area (Å²) in [5.74, 6) is -3.15. The summed E-state index contributed by atoms with van der Waals surface area (Å²) in [7, 11) is 0. The van der Waals surface area contributed by atoms with Gasteiger partial charge in [0.15, 0.2) is 5.69 Å². The molecule has 3 rings (SSSR count). The molecular formula is C16H14F2N4O3. The molecule has 0 unspecified atom stereocenters. The first kappa shape index (κ1) is 16.7. The Bertz CT molecular complexity index is 785. The van der Waals surface area contributed by atoms with Gasteiger partial charge in [0.25, 0.3) is 5.91 Å². The van der Waals surface area contributed by atoms with Crippen molar-refractivity contribution in [3.63, 3.8) is 0 Å². The van der Waals surface area contributed by atoms with Gasteiger partial charge in [0.1, 0.15) is 23.0 Å². The molecule has 0 bridgehead atoms. The van der Waals surface area contributed by atoms with Crippen molar-refractivity contribution in [3.05, 3.63) is 53.5 Å². The van der Waals surface area contributed by atoms with E-state index in [0.717, 1.165) is 18.3 Å². The van der Waals surface area contributed by atoms with E-state index in [1.54, 1.807) is 0 Å². The molecule has 2 aromatic rings. The lowest BCUT2D eigenvalue weighted by Crippen LogP contribution is -2.49. The lowest BCUT2D eigenvalue weighted by Gasteiger charge is -2.35. The molecule has 1 saturated heterocycles. The first-order chi connectivity index (χ1) is 12.0. The molecule has 0 aliphatic carbocycles. The smallest absolute Gasteiger partial charge is 0.356 e. The van der Waals surface area contributed by atoms with E-state index in [1.165, 1.54) is 17.2 Å². The van der Waals surface area contributed by atoms with Crippen molar-refractivity contribution in [2.24, 2.45) is 0 Å². The molecule has 1 aromatic carbocycles. The van der Waals surface area contributed by atoms with Crippen molar-refractivity contribution < 1.29 is 23.5 Å². The lowest BCUT2D eigenvalue weighted by atomic mass is 10.1. The molecule has 0 atom stereocenters. The molecule has 7 nitrogen and oxygen atoms in total. The van der Waals surface area contributed by atoms with Gasteiger partial charge in [-0.15, -0.1) is 0 Å². The Kier molecular flexibility index (Phi) is 4.55. The molecule has 0 radical (unpaired) electrons. The molecular weight excluding hydrogens is 334 g/mol. The molecule has 1 aliphatic rings. The number of rotatable bonds is 3. The number of piperazine rings is 1. The molecule has 1 aliphatic heterocycles. The molecule has 2 heterocycles. The van der Waals surface area contributed by atoms with Gasteiger partial charge >= 0.3 is 5.97 Å². The third-order valence-corrected chi connectivity index (χ3v) is 3.92. The average Bonchev–Trinajstić information content (AvgIpc) is 2.61. The monoisotopic (exact) mass is 348 g/mol. The van der Waals surface area contributed by atoms with E-state index in [-0.39, 0.29) is 18.8 Å². The summed E-state index contributed by atoms with van der Waals surface area (Å²) < 4.78 is 27.5. The molecule has 9 heteroatoms. The number of amides is 1. The van der Waals surface area contributed by atoms with Crippen LogP contribution in [0.3, 0.4) is 0 Å². The van der Waals surface area contributed by atoms with Crippen LogP contribution in [0.15, 0.2) is 30.6 Å². The van der Waals surface area contributed by atoms with E-state index >= 15 is 0 Å². The lowest BCUT2D eigenvalue weighted by molar-refractivity contribution is 0.0687. The van der Waals surface area contributed by atoms with Crippen molar-refractivity contribution in [3.8, 4) is 0 Å². The van der Waals surface area contributed by atoms with Crippen LogP contribution < -0.4 is 4.90 Å². The summed E-state index contributed by atoms with van der Waals surface area (Å²) in [6, 6.07) is 3.30. The highest BCUT2D eigenvalue weighted by atomic mass is 19.1. The second kappa shape index (κ2) is 6.80. The van der Waals surface area contributed by atoms with Crippen molar-refractivity contribution in [1.29, 1.82) is 0 Å². The summed E-state index contributed by atoms with van der Waals surface area (Å²) >= 11 is 0. The molecule has 1 amide bonds. The zero-order chi connectivity index (χ0) is 18.0. The maximum Gasteiger partial charge on any atom is 0.356 e. The highest BCUT2D eigenvalue weighted by Gasteiger charge is 2.27. The number of halogens is 2. The number of nitrogens with zero attached hydrogens (tertiary/aromatic N) is 4. The topological polar surface area (TPSA) is 86.6 Å². The van der Waals surface area contributed by atoms with Crippen LogP contribution in [0.1, 0.15) is 20.8 Å². The molecule has 0 spiro atoms. The van der Waals surface area contributed by atoms with Crippen molar-refractivity contribution in [2.75, 3.05) is 31.1 Å². The minimum Gasteiger partial charge on any atom is -0.476 e. The van der Waals surface area contributed by atoms with E-state index in [1.807, 2.05) is 4.90 Å². The fraction of sp³-hybridized carbons (Fsp3) is 0.250. The van der Waals surface area contributed by atoms with Gasteiger partial charge in [0.2, 0.25) is 0 Å². The van der Waals surface area contributed by atoms with Gasteiger partial charge in [0.05, 0.1) is 12.4 Å². The summed E-state index contributed by atoms with van der Waals surface area (Å²) in [4.78, 5) is 34.1. The van der Waals surface area contributed by atoms with Crippen LogP contribution in [0.5, 0.6) is 0 Å². The number of hydrogen-bond donors (Lipinski definition) is 1. The maximum atomic E-state index is 13.7. The second-order valence-corrected chi connectivity index (χ2v) is 5.44. The summed E-state index contributed by atoms with van der Waals surface area (Å²) in [6.45, 7) is 1.30. The normalized spacial score (nSPS) is 14.5. The van der Waals surface area contributed by atoms with Gasteiger partial charge in [-0.1, -0.05) is 6.07 Å². The zero-order valence-corrected chi connectivity index (χ0v) is 13.0. The van der Waals surface area contributed by atoms with Crippen molar-refractivity contribution in [2.45, 2.75) is 0 Å². The van der Waals surface area contributed by atoms with Crippen LogP contribution in [-0.4, -0.2) is 58.0 Å². The molecule has 1 aromatic heterocycles. The third-order valence-electron chi connectivity index (χ3n) is 3.92. The minimum atomic E-state index is -1.17. The number of benzene rings is 1. The first-order valence-corrected chi connectivity index (χ1v) is 7.51. The maximum absolute atomic E-state index is 13.7. The van der Waals surface area contributed by atoms with E-state index in [0.29, 0.717) is 18.9 Å². The number of carbonyl (C=O) groups is 2. The minimum absolute atomic E-state index is 0.160. The highest BCUT2D eigenvalue weighted by molar-refractivity contribution is 5.95. The van der Waals surface area contributed by atoms with E-state index in [9.17, 15) is 18.4 Å². The molecule has 1 fully saturated rings. The van der Waals surface area contributed by atoms with Crippen LogP contribution in [0.25, 0.3) is 0 Å². The highest BCUT2D eigenvalue weighted by Crippen LogP contribution is 2.18. The number of anilines is 1. The fourth-order valence-electron chi connectivity index (χ4n) is 2.59. The standard InChI is InChI=1S/C16H14F2N4O3/c17-10-2-1-3-11(18)14(10)15(23)22-6-4-21(5-7-22)13-9-19-12(8-20-13)16(24)25/h1-3,8-9H,4-7H2,(H,24,25). The Morgan fingerprint density at radius 3 is 2.16 bits per heavy atom. The molecule has 0 saturated carbocycles. The third kappa shape index (κ3) is 3.39. The van der Waals surface area contributed by atoms with Crippen LogP contribution >= 0.6 is 0 Å². The Labute approximate surface area is 141 Å². The van der Waals surface area contributed by atoms with Crippen molar-refractivity contribution >= 4 is 17.7 Å². The fourth-order valence-corrected chi connectivity index (χ4v) is 2.59. The predicted octanol–water partition coefficient (Wildman–Crippen LogP) is 1.42. The summed E-state index contributed by atoms with van der Waals surface area (Å²) in [5, 5.41) is 8.81. The number of aromatic nitrogens is 2. The number of aromatic carboxylic acids is 1. The van der Waals surface area contributed by atoms with E-state index in [4.69, 9.17) is 5.11 Å². The van der Waals surface area contributed by atoms with Crippen LogP contribution in [0.4, 0.5) is 14.6 Å².